The van der Waals surface area contributed by atoms with Crippen LogP contribution in [-0.4, -0.2) is 17.2 Å². The number of nitrogens with one attached hydrogen (secondary N) is 1. The maximum atomic E-state index is 11.4. The van der Waals surface area contributed by atoms with Gasteiger partial charge in [0.05, 0.1) is 5.54 Å². The molecule has 0 saturated heterocycles. The van der Waals surface area contributed by atoms with E-state index in [2.05, 4.69) is 10.3 Å². The number of carbonyl (C=O) groups is 2. The second-order valence-corrected chi connectivity index (χ2v) is 3.86. The number of rotatable bonds is 1. The van der Waals surface area contributed by atoms with E-state index in [1.165, 1.54) is 6.20 Å². The molecule has 0 aliphatic carbocycles. The van der Waals surface area contributed by atoms with E-state index in [0.29, 0.717) is 11.3 Å². The molecule has 1 N–H and O–H groups in total. The predicted octanol–water partition coefficient (Wildman–Crippen LogP) is 0.873. The summed E-state index contributed by atoms with van der Waals surface area (Å²) in [5.41, 5.74) is 1.26. The molecule has 0 unspecified atom stereocenters. The van der Waals surface area contributed by atoms with Crippen LogP contribution in [0.15, 0.2) is 12.3 Å². The van der Waals surface area contributed by atoms with Gasteiger partial charge in [0.2, 0.25) is 0 Å². The quantitative estimate of drug-likeness (QED) is 0.668. The third-order valence-corrected chi connectivity index (χ3v) is 2.36. The lowest BCUT2D eigenvalue weighted by molar-refractivity contribution is 0.0936. The fraction of sp³-hybridized carbons (Fsp3) is 0.300. The number of aromatic nitrogens is 1. The van der Waals surface area contributed by atoms with Crippen LogP contribution in [0, 0.1) is 0 Å². The van der Waals surface area contributed by atoms with Gasteiger partial charge in [0, 0.05) is 17.3 Å². The summed E-state index contributed by atoms with van der Waals surface area (Å²) in [6.07, 6.45) is 2.14. The summed E-state index contributed by atoms with van der Waals surface area (Å²) < 4.78 is 0. The lowest BCUT2D eigenvalue weighted by atomic mass is 9.96. The Hall–Kier alpha value is -1.71. The highest BCUT2D eigenvalue weighted by Crippen LogP contribution is 2.29. The van der Waals surface area contributed by atoms with Crippen molar-refractivity contribution in [3.63, 3.8) is 0 Å². The van der Waals surface area contributed by atoms with Crippen LogP contribution in [0.2, 0.25) is 0 Å². The van der Waals surface area contributed by atoms with Crippen LogP contribution in [-0.2, 0) is 5.54 Å². The van der Waals surface area contributed by atoms with Gasteiger partial charge in [-0.15, -0.1) is 0 Å². The van der Waals surface area contributed by atoms with E-state index in [1.807, 2.05) is 13.8 Å². The van der Waals surface area contributed by atoms with E-state index < -0.39 is 5.54 Å². The zero-order valence-corrected chi connectivity index (χ0v) is 8.00. The average Bonchev–Trinajstić information content (AvgIpc) is 2.37. The SMILES string of the molecule is CC1(C)NC(=O)c2ncc(C=O)cc21. The largest absolute Gasteiger partial charge is 0.342 e. The Morgan fingerprint density at radius 3 is 2.86 bits per heavy atom. The molecular formula is C10H10N2O2. The third-order valence-electron chi connectivity index (χ3n) is 2.36. The molecule has 4 heteroatoms. The average molecular weight is 190 g/mol. The minimum Gasteiger partial charge on any atom is -0.342 e. The van der Waals surface area contributed by atoms with Gasteiger partial charge in [0.1, 0.15) is 5.69 Å². The lowest BCUT2D eigenvalue weighted by Gasteiger charge is -2.18. The van der Waals surface area contributed by atoms with Crippen molar-refractivity contribution in [3.8, 4) is 0 Å². The summed E-state index contributed by atoms with van der Waals surface area (Å²) in [5, 5.41) is 2.79. The predicted molar refractivity (Wildman–Crippen MR) is 50.1 cm³/mol. The fourth-order valence-corrected chi connectivity index (χ4v) is 1.61. The summed E-state index contributed by atoms with van der Waals surface area (Å²) in [6, 6.07) is 1.70. The molecule has 14 heavy (non-hydrogen) atoms. The van der Waals surface area contributed by atoms with E-state index >= 15 is 0 Å². The van der Waals surface area contributed by atoms with Crippen LogP contribution in [0.5, 0.6) is 0 Å². The number of fused-ring (bicyclic) bond motifs is 1. The third kappa shape index (κ3) is 1.11. The Balaban J connectivity index is 2.64. The first-order valence-corrected chi connectivity index (χ1v) is 4.33. The zero-order chi connectivity index (χ0) is 10.3. The highest BCUT2D eigenvalue weighted by Gasteiger charge is 2.36. The Labute approximate surface area is 81.3 Å². The summed E-state index contributed by atoms with van der Waals surface area (Å²) in [4.78, 5) is 25.9. The summed E-state index contributed by atoms with van der Waals surface area (Å²) in [6.45, 7) is 3.76. The number of pyridine rings is 1. The molecule has 1 aromatic heterocycles. The summed E-state index contributed by atoms with van der Waals surface area (Å²) in [5.74, 6) is -0.178. The second-order valence-electron chi connectivity index (χ2n) is 3.86. The number of carbonyl (C=O) groups excluding carboxylic acids is 2. The molecule has 1 aliphatic rings. The molecule has 0 bridgehead atoms. The molecule has 1 amide bonds. The van der Waals surface area contributed by atoms with Crippen molar-refractivity contribution in [3.05, 3.63) is 29.1 Å². The van der Waals surface area contributed by atoms with Crippen LogP contribution in [0.4, 0.5) is 0 Å². The maximum Gasteiger partial charge on any atom is 0.270 e. The summed E-state index contributed by atoms with van der Waals surface area (Å²) in [7, 11) is 0. The van der Waals surface area contributed by atoms with Gasteiger partial charge in [-0.1, -0.05) is 0 Å². The van der Waals surface area contributed by atoms with Crippen molar-refractivity contribution in [1.82, 2.24) is 10.3 Å². The number of hydrogen-bond acceptors (Lipinski definition) is 3. The minimum absolute atomic E-state index is 0.178. The molecule has 72 valence electrons. The molecule has 1 aliphatic heterocycles. The molecule has 1 aromatic rings. The van der Waals surface area contributed by atoms with E-state index in [0.717, 1.165) is 11.8 Å². The van der Waals surface area contributed by atoms with E-state index in [1.54, 1.807) is 6.07 Å². The molecular weight excluding hydrogens is 180 g/mol. The van der Waals surface area contributed by atoms with Gasteiger partial charge in [-0.25, -0.2) is 4.98 Å². The van der Waals surface area contributed by atoms with Gasteiger partial charge in [-0.05, 0) is 19.9 Å². The monoisotopic (exact) mass is 190 g/mol. The number of hydrogen-bond donors (Lipinski definition) is 1. The highest BCUT2D eigenvalue weighted by atomic mass is 16.2. The molecule has 2 heterocycles. The van der Waals surface area contributed by atoms with Crippen LogP contribution in [0.3, 0.4) is 0 Å². The first-order valence-electron chi connectivity index (χ1n) is 4.33. The molecule has 2 rings (SSSR count). The van der Waals surface area contributed by atoms with E-state index in [4.69, 9.17) is 0 Å². The zero-order valence-electron chi connectivity index (χ0n) is 8.00. The van der Waals surface area contributed by atoms with Gasteiger partial charge < -0.3 is 5.32 Å². The number of aldehydes is 1. The Kier molecular flexibility index (Phi) is 1.67. The van der Waals surface area contributed by atoms with Crippen LogP contribution in [0.1, 0.15) is 40.3 Å². The first-order chi connectivity index (χ1) is 6.54. The summed E-state index contributed by atoms with van der Waals surface area (Å²) >= 11 is 0. The molecule has 0 fully saturated rings. The smallest absolute Gasteiger partial charge is 0.270 e. The van der Waals surface area contributed by atoms with E-state index in [-0.39, 0.29) is 5.91 Å². The normalized spacial score (nSPS) is 17.4. The Bertz CT molecular complexity index is 424. The van der Waals surface area contributed by atoms with Gasteiger partial charge in [-0.2, -0.15) is 0 Å². The van der Waals surface area contributed by atoms with Crippen molar-refractivity contribution in [2.75, 3.05) is 0 Å². The Morgan fingerprint density at radius 1 is 1.50 bits per heavy atom. The van der Waals surface area contributed by atoms with Crippen molar-refractivity contribution in [2.24, 2.45) is 0 Å². The van der Waals surface area contributed by atoms with Gasteiger partial charge >= 0.3 is 0 Å². The van der Waals surface area contributed by atoms with Crippen molar-refractivity contribution in [1.29, 1.82) is 0 Å². The van der Waals surface area contributed by atoms with Gasteiger partial charge in [0.15, 0.2) is 6.29 Å². The number of amides is 1. The van der Waals surface area contributed by atoms with E-state index in [9.17, 15) is 9.59 Å². The first kappa shape index (κ1) is 8.87. The maximum absolute atomic E-state index is 11.4. The Morgan fingerprint density at radius 2 is 2.21 bits per heavy atom. The van der Waals surface area contributed by atoms with Crippen molar-refractivity contribution in [2.45, 2.75) is 19.4 Å². The number of nitrogens with zero attached hydrogens (tertiary/aromatic N) is 1. The topological polar surface area (TPSA) is 59.1 Å². The molecule has 4 nitrogen and oxygen atoms in total. The van der Waals surface area contributed by atoms with Crippen LogP contribution >= 0.6 is 0 Å². The molecule has 0 atom stereocenters. The van der Waals surface area contributed by atoms with Crippen molar-refractivity contribution < 1.29 is 9.59 Å². The standard InChI is InChI=1S/C10H10N2O2/c1-10(2)7-3-6(5-13)4-11-8(7)9(14)12-10/h3-5H,1-2H3,(H,12,14). The minimum atomic E-state index is -0.432. The van der Waals surface area contributed by atoms with Gasteiger partial charge in [0.25, 0.3) is 5.91 Å². The lowest BCUT2D eigenvalue weighted by Crippen LogP contribution is -2.32. The molecule has 0 saturated carbocycles. The van der Waals surface area contributed by atoms with Crippen LogP contribution < -0.4 is 5.32 Å². The molecule has 0 radical (unpaired) electrons. The highest BCUT2D eigenvalue weighted by molar-refractivity contribution is 5.98. The van der Waals surface area contributed by atoms with Crippen LogP contribution in [0.25, 0.3) is 0 Å². The fourth-order valence-electron chi connectivity index (χ4n) is 1.61. The second kappa shape index (κ2) is 2.64. The van der Waals surface area contributed by atoms with Crippen molar-refractivity contribution >= 4 is 12.2 Å². The van der Waals surface area contributed by atoms with Gasteiger partial charge in [-0.3, -0.25) is 9.59 Å². The molecule has 0 aromatic carbocycles. The molecule has 0 spiro atoms.